The zero-order valence-corrected chi connectivity index (χ0v) is 7.60. The third-order valence-corrected chi connectivity index (χ3v) is 2.41. The molecule has 0 bridgehead atoms. The van der Waals surface area contributed by atoms with Crippen LogP contribution >= 0.6 is 0 Å². The summed E-state index contributed by atoms with van der Waals surface area (Å²) in [6, 6.07) is 0.625. The molecule has 1 aliphatic carbocycles. The summed E-state index contributed by atoms with van der Waals surface area (Å²) in [5, 5.41) is 3.51. The summed E-state index contributed by atoms with van der Waals surface area (Å²) in [5.41, 5.74) is 0. The van der Waals surface area contributed by atoms with Crippen molar-refractivity contribution in [2.75, 3.05) is 13.7 Å². The molecule has 0 aromatic carbocycles. The van der Waals surface area contributed by atoms with Gasteiger partial charge in [0.05, 0.1) is 6.10 Å². The Kier molecular flexibility index (Phi) is 3.87. The van der Waals surface area contributed by atoms with E-state index in [1.54, 1.807) is 0 Å². The molecule has 0 spiro atoms. The van der Waals surface area contributed by atoms with E-state index in [0.717, 1.165) is 6.54 Å². The highest BCUT2D eigenvalue weighted by molar-refractivity contribution is 4.83. The van der Waals surface area contributed by atoms with Crippen LogP contribution in [0.15, 0.2) is 0 Å². The van der Waals surface area contributed by atoms with Crippen LogP contribution in [0.1, 0.15) is 32.6 Å². The monoisotopic (exact) mass is 157 g/mol. The summed E-state index contributed by atoms with van der Waals surface area (Å²) < 4.78 is 5.36. The minimum absolute atomic E-state index is 0.474. The molecule has 0 saturated heterocycles. The second kappa shape index (κ2) is 4.73. The van der Waals surface area contributed by atoms with Crippen molar-refractivity contribution in [3.63, 3.8) is 0 Å². The Balaban J connectivity index is 2.20. The van der Waals surface area contributed by atoms with Crippen molar-refractivity contribution >= 4 is 0 Å². The summed E-state index contributed by atoms with van der Waals surface area (Å²) in [6.45, 7) is 3.33. The number of hydrogen-bond donors (Lipinski definition) is 1. The Morgan fingerprint density at radius 2 is 2.27 bits per heavy atom. The second-order valence-corrected chi connectivity index (χ2v) is 3.27. The van der Waals surface area contributed by atoms with Gasteiger partial charge in [0.1, 0.15) is 0 Å². The van der Waals surface area contributed by atoms with Crippen LogP contribution in [-0.2, 0) is 4.74 Å². The fourth-order valence-electron chi connectivity index (χ4n) is 1.77. The Labute approximate surface area is 69.3 Å². The molecular weight excluding hydrogens is 138 g/mol. The lowest BCUT2D eigenvalue weighted by atomic mass is 10.2. The molecule has 1 rings (SSSR count). The van der Waals surface area contributed by atoms with Crippen LogP contribution in [-0.4, -0.2) is 25.8 Å². The van der Waals surface area contributed by atoms with Crippen LogP contribution in [0.5, 0.6) is 0 Å². The normalized spacial score (nSPS) is 31.1. The van der Waals surface area contributed by atoms with Crippen molar-refractivity contribution < 1.29 is 4.74 Å². The molecule has 66 valence electrons. The van der Waals surface area contributed by atoms with Gasteiger partial charge in [-0.15, -0.1) is 0 Å². The predicted molar refractivity (Wildman–Crippen MR) is 46.7 cm³/mol. The second-order valence-electron chi connectivity index (χ2n) is 3.27. The van der Waals surface area contributed by atoms with Crippen molar-refractivity contribution in [3.8, 4) is 0 Å². The smallest absolute Gasteiger partial charge is 0.0724 e. The van der Waals surface area contributed by atoms with Gasteiger partial charge in [0.15, 0.2) is 0 Å². The molecule has 0 radical (unpaired) electrons. The van der Waals surface area contributed by atoms with Crippen LogP contribution in [0.3, 0.4) is 0 Å². The van der Waals surface area contributed by atoms with Gasteiger partial charge in [-0.25, -0.2) is 0 Å². The van der Waals surface area contributed by atoms with Crippen molar-refractivity contribution in [2.24, 2.45) is 0 Å². The Morgan fingerprint density at radius 3 is 2.91 bits per heavy atom. The molecule has 0 aliphatic heterocycles. The third kappa shape index (κ3) is 2.46. The summed E-state index contributed by atoms with van der Waals surface area (Å²) in [6.07, 6.45) is 5.53. The molecule has 0 heterocycles. The average molecular weight is 157 g/mol. The molecule has 1 fully saturated rings. The van der Waals surface area contributed by atoms with Gasteiger partial charge in [0.25, 0.3) is 0 Å². The molecule has 0 aromatic heterocycles. The number of rotatable bonds is 4. The summed E-state index contributed by atoms with van der Waals surface area (Å²) in [4.78, 5) is 0. The van der Waals surface area contributed by atoms with E-state index in [9.17, 15) is 0 Å². The Morgan fingerprint density at radius 1 is 1.45 bits per heavy atom. The van der Waals surface area contributed by atoms with E-state index >= 15 is 0 Å². The maximum atomic E-state index is 5.36. The fourth-order valence-corrected chi connectivity index (χ4v) is 1.77. The summed E-state index contributed by atoms with van der Waals surface area (Å²) in [7, 11) is 1.82. The SMILES string of the molecule is CCCNC1CCCC1OC. The van der Waals surface area contributed by atoms with E-state index < -0.39 is 0 Å². The largest absolute Gasteiger partial charge is 0.380 e. The minimum Gasteiger partial charge on any atom is -0.380 e. The summed E-state index contributed by atoms with van der Waals surface area (Å²) >= 11 is 0. The van der Waals surface area contributed by atoms with Gasteiger partial charge in [-0.1, -0.05) is 6.92 Å². The molecule has 2 heteroatoms. The van der Waals surface area contributed by atoms with E-state index in [0.29, 0.717) is 12.1 Å². The number of methoxy groups -OCH3 is 1. The first-order valence-corrected chi connectivity index (χ1v) is 4.64. The van der Waals surface area contributed by atoms with Crippen molar-refractivity contribution in [3.05, 3.63) is 0 Å². The first kappa shape index (κ1) is 9.01. The minimum atomic E-state index is 0.474. The first-order valence-electron chi connectivity index (χ1n) is 4.64. The van der Waals surface area contributed by atoms with Crippen LogP contribution < -0.4 is 5.32 Å². The zero-order chi connectivity index (χ0) is 8.10. The van der Waals surface area contributed by atoms with Crippen molar-refractivity contribution in [1.29, 1.82) is 0 Å². The van der Waals surface area contributed by atoms with Gasteiger partial charge in [-0.2, -0.15) is 0 Å². The van der Waals surface area contributed by atoms with E-state index in [-0.39, 0.29) is 0 Å². The van der Waals surface area contributed by atoms with Gasteiger partial charge >= 0.3 is 0 Å². The van der Waals surface area contributed by atoms with E-state index in [1.165, 1.54) is 25.7 Å². The lowest BCUT2D eigenvalue weighted by molar-refractivity contribution is 0.0853. The van der Waals surface area contributed by atoms with Crippen LogP contribution in [0, 0.1) is 0 Å². The van der Waals surface area contributed by atoms with E-state index in [4.69, 9.17) is 4.74 Å². The van der Waals surface area contributed by atoms with E-state index in [1.807, 2.05) is 7.11 Å². The molecule has 1 N–H and O–H groups in total. The fraction of sp³-hybridized carbons (Fsp3) is 1.00. The van der Waals surface area contributed by atoms with Crippen LogP contribution in [0.2, 0.25) is 0 Å². The topological polar surface area (TPSA) is 21.3 Å². The molecule has 2 nitrogen and oxygen atoms in total. The lowest BCUT2D eigenvalue weighted by Gasteiger charge is -2.18. The van der Waals surface area contributed by atoms with Crippen molar-refractivity contribution in [1.82, 2.24) is 5.32 Å². The standard InChI is InChI=1S/C9H19NO/c1-3-7-10-8-5-4-6-9(8)11-2/h8-10H,3-7H2,1-2H3. The molecular formula is C9H19NO. The van der Waals surface area contributed by atoms with Gasteiger partial charge in [0.2, 0.25) is 0 Å². The lowest BCUT2D eigenvalue weighted by Crippen LogP contribution is -2.37. The highest BCUT2D eigenvalue weighted by Gasteiger charge is 2.25. The number of hydrogen-bond acceptors (Lipinski definition) is 2. The molecule has 2 unspecified atom stereocenters. The van der Waals surface area contributed by atoms with Gasteiger partial charge < -0.3 is 10.1 Å². The predicted octanol–water partition coefficient (Wildman–Crippen LogP) is 1.55. The van der Waals surface area contributed by atoms with Gasteiger partial charge in [-0.3, -0.25) is 0 Å². The third-order valence-electron chi connectivity index (χ3n) is 2.41. The molecule has 11 heavy (non-hydrogen) atoms. The maximum Gasteiger partial charge on any atom is 0.0724 e. The molecule has 2 atom stereocenters. The number of ether oxygens (including phenoxy) is 1. The quantitative estimate of drug-likeness (QED) is 0.668. The highest BCUT2D eigenvalue weighted by Crippen LogP contribution is 2.21. The van der Waals surface area contributed by atoms with Gasteiger partial charge in [-0.05, 0) is 32.2 Å². The Bertz CT molecular complexity index is 106. The van der Waals surface area contributed by atoms with Gasteiger partial charge in [0, 0.05) is 13.2 Å². The maximum absolute atomic E-state index is 5.36. The molecule has 1 saturated carbocycles. The number of nitrogens with one attached hydrogen (secondary N) is 1. The van der Waals surface area contributed by atoms with E-state index in [2.05, 4.69) is 12.2 Å². The average Bonchev–Trinajstić information content (AvgIpc) is 2.47. The molecule has 0 aromatic rings. The molecule has 0 amide bonds. The Hall–Kier alpha value is -0.0800. The van der Waals surface area contributed by atoms with Crippen molar-refractivity contribution in [2.45, 2.75) is 44.8 Å². The zero-order valence-electron chi connectivity index (χ0n) is 7.60. The summed E-state index contributed by atoms with van der Waals surface area (Å²) in [5.74, 6) is 0. The van der Waals surface area contributed by atoms with Crippen LogP contribution in [0.4, 0.5) is 0 Å². The highest BCUT2D eigenvalue weighted by atomic mass is 16.5. The molecule has 1 aliphatic rings. The first-order chi connectivity index (χ1) is 5.38. The van der Waals surface area contributed by atoms with Crippen LogP contribution in [0.25, 0.3) is 0 Å².